The van der Waals surface area contributed by atoms with Gasteiger partial charge in [0.25, 0.3) is 0 Å². The molecular weight excluding hydrogens is 434 g/mol. The summed E-state index contributed by atoms with van der Waals surface area (Å²) >= 11 is 0. The van der Waals surface area contributed by atoms with Gasteiger partial charge in [0.2, 0.25) is 11.7 Å². The fraction of sp³-hybridized carbons (Fsp3) is 0.407. The first-order chi connectivity index (χ1) is 16.4. The molecule has 7 heteroatoms. The molecule has 4 rings (SSSR count). The maximum atomic E-state index is 13.5. The van der Waals surface area contributed by atoms with Crippen LogP contribution in [-0.2, 0) is 9.59 Å². The zero-order valence-corrected chi connectivity index (χ0v) is 20.3. The number of carbonyl (C=O) groups is 2. The van der Waals surface area contributed by atoms with Crippen molar-refractivity contribution in [1.82, 2.24) is 5.32 Å². The number of carbonyl (C=O) groups excluding carboxylic acids is 2. The quantitative estimate of drug-likeness (QED) is 0.648. The third-order valence-corrected chi connectivity index (χ3v) is 6.37. The highest BCUT2D eigenvalue weighted by Gasteiger charge is 2.40. The number of ether oxygens (including phenoxy) is 4. The van der Waals surface area contributed by atoms with Gasteiger partial charge in [-0.15, -0.1) is 0 Å². The summed E-state index contributed by atoms with van der Waals surface area (Å²) in [6.45, 7) is 3.97. The summed E-state index contributed by atoms with van der Waals surface area (Å²) in [7, 11) is 4.64. The molecule has 7 nitrogen and oxygen atoms in total. The lowest BCUT2D eigenvalue weighted by Crippen LogP contribution is -2.38. The number of hydrogen-bond acceptors (Lipinski definition) is 6. The van der Waals surface area contributed by atoms with Gasteiger partial charge in [-0.2, -0.15) is 0 Å². The number of allylic oxidation sites excluding steroid dienone is 2. The average Bonchev–Trinajstić information content (AvgIpc) is 2.82. The van der Waals surface area contributed by atoms with Crippen LogP contribution in [0.2, 0.25) is 0 Å². The molecule has 2 aromatic carbocycles. The molecule has 2 atom stereocenters. The summed E-state index contributed by atoms with van der Waals surface area (Å²) in [6.07, 6.45) is 1.23. The van der Waals surface area contributed by atoms with E-state index in [1.54, 1.807) is 20.3 Å². The Balaban J connectivity index is 1.69. The smallest absolute Gasteiger partial charge is 0.225 e. The Bertz CT molecular complexity index is 1120. The summed E-state index contributed by atoms with van der Waals surface area (Å²) in [5, 5.41) is 2.97. The molecule has 34 heavy (non-hydrogen) atoms. The van der Waals surface area contributed by atoms with Gasteiger partial charge in [0.1, 0.15) is 5.75 Å². The largest absolute Gasteiger partial charge is 0.493 e. The van der Waals surface area contributed by atoms with E-state index in [0.717, 1.165) is 16.9 Å². The average molecular weight is 466 g/mol. The Morgan fingerprint density at radius 1 is 0.853 bits per heavy atom. The summed E-state index contributed by atoms with van der Waals surface area (Å²) in [6, 6.07) is 11.5. The molecule has 2 aliphatic rings. The summed E-state index contributed by atoms with van der Waals surface area (Å²) < 4.78 is 22.3. The maximum absolute atomic E-state index is 13.5. The molecule has 0 fully saturated rings. The van der Waals surface area contributed by atoms with Crippen LogP contribution in [0, 0.1) is 0 Å². The highest BCUT2D eigenvalue weighted by atomic mass is 16.5. The lowest BCUT2D eigenvalue weighted by molar-refractivity contribution is -0.122. The van der Waals surface area contributed by atoms with Crippen molar-refractivity contribution in [3.63, 3.8) is 0 Å². The van der Waals surface area contributed by atoms with E-state index >= 15 is 0 Å². The molecule has 1 amide bonds. The second-order valence-electron chi connectivity index (χ2n) is 8.88. The Morgan fingerprint density at radius 3 is 2.18 bits per heavy atom. The topological polar surface area (TPSA) is 83.1 Å². The fourth-order valence-corrected chi connectivity index (χ4v) is 4.95. The van der Waals surface area contributed by atoms with Crippen LogP contribution < -0.4 is 24.3 Å². The SMILES string of the molecule is COc1ccc([C@H]2CC(=O)NC3=C2C(=O)C[C@H](c2ccc(OC(C)C)cc2)C3)c(OC)c1OC. The van der Waals surface area contributed by atoms with E-state index in [2.05, 4.69) is 5.32 Å². The first-order valence-corrected chi connectivity index (χ1v) is 11.5. The number of amides is 1. The normalized spacial score (nSPS) is 20.1. The van der Waals surface area contributed by atoms with Gasteiger partial charge < -0.3 is 24.3 Å². The van der Waals surface area contributed by atoms with E-state index in [9.17, 15) is 9.59 Å². The van der Waals surface area contributed by atoms with Gasteiger partial charge in [-0.3, -0.25) is 9.59 Å². The second-order valence-corrected chi connectivity index (χ2v) is 8.88. The van der Waals surface area contributed by atoms with Gasteiger partial charge in [-0.1, -0.05) is 18.2 Å². The molecule has 180 valence electrons. The molecule has 1 aliphatic carbocycles. The van der Waals surface area contributed by atoms with Crippen molar-refractivity contribution >= 4 is 11.7 Å². The zero-order chi connectivity index (χ0) is 24.4. The van der Waals surface area contributed by atoms with Crippen LogP contribution in [0.5, 0.6) is 23.0 Å². The van der Waals surface area contributed by atoms with Gasteiger partial charge in [0, 0.05) is 35.6 Å². The third kappa shape index (κ3) is 4.47. The minimum atomic E-state index is -0.409. The predicted octanol–water partition coefficient (Wildman–Crippen LogP) is 4.50. The summed E-state index contributed by atoms with van der Waals surface area (Å²) in [4.78, 5) is 26.2. The molecule has 1 aliphatic heterocycles. The Kier molecular flexibility index (Phi) is 6.82. The van der Waals surface area contributed by atoms with Gasteiger partial charge in [0.05, 0.1) is 27.4 Å². The highest BCUT2D eigenvalue weighted by Crippen LogP contribution is 2.49. The van der Waals surface area contributed by atoms with Crippen molar-refractivity contribution in [2.75, 3.05) is 21.3 Å². The number of Topliss-reactive ketones (excluding diaryl/α,β-unsaturated/α-hetero) is 1. The van der Waals surface area contributed by atoms with Crippen molar-refractivity contribution in [2.45, 2.75) is 51.0 Å². The maximum Gasteiger partial charge on any atom is 0.225 e. The zero-order valence-electron chi connectivity index (χ0n) is 20.3. The van der Waals surface area contributed by atoms with Crippen molar-refractivity contribution in [1.29, 1.82) is 0 Å². The first-order valence-electron chi connectivity index (χ1n) is 11.5. The number of ketones is 1. The van der Waals surface area contributed by atoms with Gasteiger partial charge >= 0.3 is 0 Å². The molecular formula is C27H31NO6. The number of methoxy groups -OCH3 is 3. The lowest BCUT2D eigenvalue weighted by atomic mass is 9.73. The van der Waals surface area contributed by atoms with E-state index in [1.807, 2.05) is 44.2 Å². The van der Waals surface area contributed by atoms with E-state index in [4.69, 9.17) is 18.9 Å². The van der Waals surface area contributed by atoms with Crippen molar-refractivity contribution in [3.8, 4) is 23.0 Å². The molecule has 0 bridgehead atoms. The molecule has 0 radical (unpaired) electrons. The number of nitrogens with one attached hydrogen (secondary N) is 1. The van der Waals surface area contributed by atoms with Gasteiger partial charge in [-0.25, -0.2) is 0 Å². The van der Waals surface area contributed by atoms with Crippen molar-refractivity contribution in [2.24, 2.45) is 0 Å². The third-order valence-electron chi connectivity index (χ3n) is 6.37. The van der Waals surface area contributed by atoms with Crippen LogP contribution in [0.4, 0.5) is 0 Å². The number of rotatable bonds is 7. The molecule has 1 N–H and O–H groups in total. The first kappa shape index (κ1) is 23.7. The van der Waals surface area contributed by atoms with E-state index in [1.165, 1.54) is 7.11 Å². The van der Waals surface area contributed by atoms with Crippen LogP contribution >= 0.6 is 0 Å². The van der Waals surface area contributed by atoms with Gasteiger partial charge in [-0.05, 0) is 49.9 Å². The van der Waals surface area contributed by atoms with E-state index in [-0.39, 0.29) is 30.1 Å². The lowest BCUT2D eigenvalue weighted by Gasteiger charge is -2.35. The predicted molar refractivity (Wildman–Crippen MR) is 128 cm³/mol. The highest BCUT2D eigenvalue weighted by molar-refractivity contribution is 6.02. The van der Waals surface area contributed by atoms with Gasteiger partial charge in [0.15, 0.2) is 17.3 Å². The van der Waals surface area contributed by atoms with E-state index < -0.39 is 5.92 Å². The van der Waals surface area contributed by atoms with Crippen LogP contribution in [0.15, 0.2) is 47.7 Å². The molecule has 0 saturated carbocycles. The summed E-state index contributed by atoms with van der Waals surface area (Å²) in [5.74, 6) is 1.75. The number of benzene rings is 2. The summed E-state index contributed by atoms with van der Waals surface area (Å²) in [5.41, 5.74) is 3.14. The Hall–Kier alpha value is -3.48. The Labute approximate surface area is 200 Å². The van der Waals surface area contributed by atoms with E-state index in [0.29, 0.717) is 41.4 Å². The Morgan fingerprint density at radius 2 is 1.56 bits per heavy atom. The van der Waals surface area contributed by atoms with Crippen LogP contribution in [0.25, 0.3) is 0 Å². The molecule has 0 spiro atoms. The molecule has 0 unspecified atom stereocenters. The molecule has 0 saturated heterocycles. The fourth-order valence-electron chi connectivity index (χ4n) is 4.95. The molecule has 0 aromatic heterocycles. The molecule has 1 heterocycles. The van der Waals surface area contributed by atoms with Crippen LogP contribution in [0.1, 0.15) is 56.1 Å². The minimum absolute atomic E-state index is 0.00861. The monoisotopic (exact) mass is 465 g/mol. The van der Waals surface area contributed by atoms with Crippen molar-refractivity contribution in [3.05, 3.63) is 58.8 Å². The minimum Gasteiger partial charge on any atom is -0.493 e. The van der Waals surface area contributed by atoms with Crippen molar-refractivity contribution < 1.29 is 28.5 Å². The molecule has 2 aromatic rings. The standard InChI is InChI=1S/C27H31NO6/c1-15(2)34-18-8-6-16(7-9-18)17-12-21-25(22(29)13-17)20(14-24(30)28-21)19-10-11-23(31-3)27(33-5)26(19)32-4/h6-11,15,17,20H,12-14H2,1-5H3,(H,28,30)/t17-,20-/m1/s1. The number of hydrogen-bond donors (Lipinski definition) is 1. The second kappa shape index (κ2) is 9.79. The van der Waals surface area contributed by atoms with Crippen LogP contribution in [-0.4, -0.2) is 39.1 Å². The van der Waals surface area contributed by atoms with Crippen LogP contribution in [0.3, 0.4) is 0 Å².